The van der Waals surface area contributed by atoms with E-state index >= 15 is 0 Å². The smallest absolute Gasteiger partial charge is 0.119 e. The minimum atomic E-state index is 0.0949. The molecule has 2 nitrogen and oxygen atoms in total. The molecule has 2 heterocycles. The van der Waals surface area contributed by atoms with Crippen molar-refractivity contribution >= 4 is 0 Å². The van der Waals surface area contributed by atoms with Crippen molar-refractivity contribution in [3.05, 3.63) is 0 Å². The monoisotopic (exact) mass is 155 g/mol. The van der Waals surface area contributed by atoms with Gasteiger partial charge in [-0.05, 0) is 33.1 Å². The Kier molecular flexibility index (Phi) is 1.69. The normalized spacial score (nSPS) is 45.8. The van der Waals surface area contributed by atoms with E-state index in [1.807, 2.05) is 0 Å². The number of fused-ring (bicyclic) bond motifs is 1. The topological polar surface area (TPSA) is 12.5 Å². The first-order valence-corrected chi connectivity index (χ1v) is 4.63. The summed E-state index contributed by atoms with van der Waals surface area (Å²) in [5.74, 6) is 0. The van der Waals surface area contributed by atoms with Gasteiger partial charge < -0.3 is 4.74 Å². The number of nitrogens with zero attached hydrogens (tertiary/aromatic N) is 1. The van der Waals surface area contributed by atoms with Crippen LogP contribution in [0, 0.1) is 0 Å². The zero-order valence-corrected chi connectivity index (χ0v) is 7.47. The van der Waals surface area contributed by atoms with Gasteiger partial charge in [0.2, 0.25) is 0 Å². The highest BCUT2D eigenvalue weighted by Gasteiger charge is 2.42. The number of hydrogen-bond acceptors (Lipinski definition) is 2. The molecule has 0 radical (unpaired) electrons. The Hall–Kier alpha value is -0.0800. The maximum absolute atomic E-state index is 5.74. The first kappa shape index (κ1) is 7.56. The van der Waals surface area contributed by atoms with Crippen LogP contribution in [0.3, 0.4) is 0 Å². The lowest BCUT2D eigenvalue weighted by atomic mass is 9.95. The summed E-state index contributed by atoms with van der Waals surface area (Å²) in [5, 5.41) is 0. The lowest BCUT2D eigenvalue weighted by Crippen LogP contribution is -2.50. The van der Waals surface area contributed by atoms with Crippen LogP contribution in [-0.4, -0.2) is 29.8 Å². The largest absolute Gasteiger partial charge is 0.359 e. The molecule has 64 valence electrons. The molecule has 0 N–H and O–H groups in total. The van der Waals surface area contributed by atoms with Crippen molar-refractivity contribution in [1.29, 1.82) is 0 Å². The highest BCUT2D eigenvalue weighted by atomic mass is 16.5. The summed E-state index contributed by atoms with van der Waals surface area (Å²) < 4.78 is 5.74. The zero-order chi connectivity index (χ0) is 7.90. The van der Waals surface area contributed by atoms with Crippen LogP contribution >= 0.6 is 0 Å². The molecular weight excluding hydrogens is 138 g/mol. The van der Waals surface area contributed by atoms with Crippen LogP contribution in [0.25, 0.3) is 0 Å². The van der Waals surface area contributed by atoms with Crippen molar-refractivity contribution in [3.63, 3.8) is 0 Å². The Labute approximate surface area is 68.5 Å². The van der Waals surface area contributed by atoms with Crippen LogP contribution in [0.5, 0.6) is 0 Å². The van der Waals surface area contributed by atoms with Gasteiger partial charge >= 0.3 is 0 Å². The molecule has 0 aromatic heterocycles. The molecule has 0 aromatic rings. The molecule has 11 heavy (non-hydrogen) atoms. The molecule has 2 saturated heterocycles. The molecule has 2 heteroatoms. The highest BCUT2D eigenvalue weighted by Crippen LogP contribution is 2.35. The van der Waals surface area contributed by atoms with Gasteiger partial charge in [0.05, 0.1) is 6.61 Å². The Morgan fingerprint density at radius 3 is 3.09 bits per heavy atom. The number of ether oxygens (including phenoxy) is 1. The van der Waals surface area contributed by atoms with Gasteiger partial charge in [0.1, 0.15) is 5.72 Å². The second-order valence-corrected chi connectivity index (χ2v) is 3.96. The van der Waals surface area contributed by atoms with Crippen molar-refractivity contribution in [2.24, 2.45) is 0 Å². The zero-order valence-electron chi connectivity index (χ0n) is 7.47. The van der Waals surface area contributed by atoms with Crippen LogP contribution in [0.1, 0.15) is 33.1 Å². The minimum Gasteiger partial charge on any atom is -0.359 e. The standard InChI is InChI=1S/C9H17NO/c1-8-4-3-5-9(2)10(8)6-7-11-9/h8H,3-7H2,1-2H3. The predicted molar refractivity (Wildman–Crippen MR) is 44.4 cm³/mol. The van der Waals surface area contributed by atoms with Crippen LogP contribution in [0.15, 0.2) is 0 Å². The summed E-state index contributed by atoms with van der Waals surface area (Å²) in [6, 6.07) is 0.733. The molecule has 0 aliphatic carbocycles. The second kappa shape index (κ2) is 2.46. The molecule has 2 rings (SSSR count). The first-order valence-electron chi connectivity index (χ1n) is 4.63. The second-order valence-electron chi connectivity index (χ2n) is 3.96. The summed E-state index contributed by atoms with van der Waals surface area (Å²) in [6.45, 7) is 6.61. The first-order chi connectivity index (χ1) is 5.22. The Morgan fingerprint density at radius 2 is 2.36 bits per heavy atom. The van der Waals surface area contributed by atoms with Crippen LogP contribution in [0.2, 0.25) is 0 Å². The van der Waals surface area contributed by atoms with Crippen LogP contribution < -0.4 is 0 Å². The van der Waals surface area contributed by atoms with Crippen molar-refractivity contribution < 1.29 is 4.74 Å². The molecule has 0 aromatic carbocycles. The minimum absolute atomic E-state index is 0.0949. The third-order valence-corrected chi connectivity index (χ3v) is 3.15. The fourth-order valence-electron chi connectivity index (χ4n) is 2.47. The Bertz CT molecular complexity index is 160. The molecule has 0 bridgehead atoms. The lowest BCUT2D eigenvalue weighted by molar-refractivity contribution is -0.106. The summed E-state index contributed by atoms with van der Waals surface area (Å²) >= 11 is 0. The van der Waals surface area contributed by atoms with Crippen molar-refractivity contribution in [1.82, 2.24) is 4.90 Å². The van der Waals surface area contributed by atoms with Gasteiger partial charge in [0.25, 0.3) is 0 Å². The van der Waals surface area contributed by atoms with Gasteiger partial charge in [0.15, 0.2) is 0 Å². The fourth-order valence-corrected chi connectivity index (χ4v) is 2.47. The fraction of sp³-hybridized carbons (Fsp3) is 1.00. The molecule has 2 atom stereocenters. The van der Waals surface area contributed by atoms with Gasteiger partial charge in [-0.1, -0.05) is 0 Å². The number of rotatable bonds is 0. The van der Waals surface area contributed by atoms with Crippen molar-refractivity contribution in [2.75, 3.05) is 13.2 Å². The highest BCUT2D eigenvalue weighted by molar-refractivity contribution is 4.89. The van der Waals surface area contributed by atoms with Crippen LogP contribution in [-0.2, 0) is 4.74 Å². The molecule has 0 saturated carbocycles. The summed E-state index contributed by atoms with van der Waals surface area (Å²) in [6.07, 6.45) is 3.89. The molecule has 2 fully saturated rings. The van der Waals surface area contributed by atoms with E-state index in [-0.39, 0.29) is 5.72 Å². The predicted octanol–water partition coefficient (Wildman–Crippen LogP) is 1.61. The van der Waals surface area contributed by atoms with E-state index in [0.717, 1.165) is 19.2 Å². The van der Waals surface area contributed by atoms with E-state index in [1.165, 1.54) is 19.3 Å². The lowest BCUT2D eigenvalue weighted by Gasteiger charge is -2.42. The van der Waals surface area contributed by atoms with Gasteiger partial charge in [-0.3, -0.25) is 4.90 Å². The molecule has 2 aliphatic rings. The molecule has 2 unspecified atom stereocenters. The summed E-state index contributed by atoms with van der Waals surface area (Å²) in [7, 11) is 0. The number of hydrogen-bond donors (Lipinski definition) is 0. The SMILES string of the molecule is CC1CCCC2(C)OCCN12. The van der Waals surface area contributed by atoms with Crippen molar-refractivity contribution in [2.45, 2.75) is 44.9 Å². The van der Waals surface area contributed by atoms with Crippen LogP contribution in [0.4, 0.5) is 0 Å². The average Bonchev–Trinajstić information content (AvgIpc) is 2.31. The van der Waals surface area contributed by atoms with E-state index in [4.69, 9.17) is 4.74 Å². The summed E-state index contributed by atoms with van der Waals surface area (Å²) in [4.78, 5) is 2.51. The molecular formula is C9H17NO. The van der Waals surface area contributed by atoms with E-state index in [0.29, 0.717) is 0 Å². The molecule has 0 spiro atoms. The third kappa shape index (κ3) is 1.09. The van der Waals surface area contributed by atoms with E-state index in [1.54, 1.807) is 0 Å². The summed E-state index contributed by atoms with van der Waals surface area (Å²) in [5.41, 5.74) is 0.0949. The maximum Gasteiger partial charge on any atom is 0.119 e. The molecule has 0 amide bonds. The van der Waals surface area contributed by atoms with Crippen molar-refractivity contribution in [3.8, 4) is 0 Å². The number of piperidine rings is 1. The van der Waals surface area contributed by atoms with E-state index in [9.17, 15) is 0 Å². The third-order valence-electron chi connectivity index (χ3n) is 3.15. The van der Waals surface area contributed by atoms with Gasteiger partial charge in [-0.2, -0.15) is 0 Å². The van der Waals surface area contributed by atoms with E-state index < -0.39 is 0 Å². The average molecular weight is 155 g/mol. The Morgan fingerprint density at radius 1 is 1.55 bits per heavy atom. The molecule has 2 aliphatic heterocycles. The van der Waals surface area contributed by atoms with Gasteiger partial charge in [-0.15, -0.1) is 0 Å². The quantitative estimate of drug-likeness (QED) is 0.527. The van der Waals surface area contributed by atoms with Gasteiger partial charge in [0, 0.05) is 12.6 Å². The van der Waals surface area contributed by atoms with E-state index in [2.05, 4.69) is 18.7 Å². The maximum atomic E-state index is 5.74. The Balaban J connectivity index is 2.15. The van der Waals surface area contributed by atoms with Gasteiger partial charge in [-0.25, -0.2) is 0 Å².